The Morgan fingerprint density at radius 1 is 1.42 bits per heavy atom. The number of ketones is 1. The van der Waals surface area contributed by atoms with E-state index in [1.165, 1.54) is 13.0 Å². The van der Waals surface area contributed by atoms with E-state index < -0.39 is 4.92 Å². The molecule has 1 aromatic rings. The normalized spacial score (nSPS) is 13.7. The zero-order valence-corrected chi connectivity index (χ0v) is 11.8. The molecule has 1 aromatic carbocycles. The minimum absolute atomic E-state index is 0.0529. The van der Waals surface area contributed by atoms with Crippen molar-refractivity contribution < 1.29 is 9.72 Å². The van der Waals surface area contributed by atoms with Gasteiger partial charge in [-0.2, -0.15) is 0 Å². The molecule has 104 valence electrons. The highest BCUT2D eigenvalue weighted by atomic mass is 16.6. The first-order valence-electron chi connectivity index (χ1n) is 6.42. The van der Waals surface area contributed by atoms with Crippen LogP contribution in [-0.2, 0) is 0 Å². The van der Waals surface area contributed by atoms with Crippen LogP contribution >= 0.6 is 0 Å². The van der Waals surface area contributed by atoms with Crippen molar-refractivity contribution in [3.05, 3.63) is 33.9 Å². The molecular formula is C14H20N2O3. The number of nitrogens with one attached hydrogen (secondary N) is 1. The number of benzene rings is 1. The molecule has 0 radical (unpaired) electrons. The van der Waals surface area contributed by atoms with Gasteiger partial charge in [-0.25, -0.2) is 0 Å². The lowest BCUT2D eigenvalue weighted by Crippen LogP contribution is -2.23. The third-order valence-electron chi connectivity index (χ3n) is 3.48. The third kappa shape index (κ3) is 3.77. The van der Waals surface area contributed by atoms with Crippen molar-refractivity contribution in [2.75, 3.05) is 5.32 Å². The lowest BCUT2D eigenvalue weighted by Gasteiger charge is -2.21. The molecule has 1 rings (SSSR count). The van der Waals surface area contributed by atoms with Crippen LogP contribution in [0.1, 0.15) is 44.5 Å². The van der Waals surface area contributed by atoms with Crippen LogP contribution in [0.2, 0.25) is 0 Å². The summed E-state index contributed by atoms with van der Waals surface area (Å²) in [7, 11) is 0. The van der Waals surface area contributed by atoms with Crippen LogP contribution in [-0.4, -0.2) is 16.7 Å². The molecule has 0 fully saturated rings. The number of carbonyl (C=O) groups is 1. The molecule has 0 aromatic heterocycles. The Bertz CT molecular complexity index is 486. The van der Waals surface area contributed by atoms with Gasteiger partial charge < -0.3 is 5.32 Å². The smallest absolute Gasteiger partial charge is 0.293 e. The van der Waals surface area contributed by atoms with E-state index in [-0.39, 0.29) is 17.5 Å². The van der Waals surface area contributed by atoms with Crippen LogP contribution in [0.4, 0.5) is 11.4 Å². The Morgan fingerprint density at radius 2 is 2.05 bits per heavy atom. The van der Waals surface area contributed by atoms with E-state index in [4.69, 9.17) is 0 Å². The first kappa shape index (κ1) is 15.1. The molecule has 1 N–H and O–H groups in total. The number of Topliss-reactive ketones (excluding diaryl/α,β-unsaturated/α-hetero) is 1. The average molecular weight is 264 g/mol. The fourth-order valence-corrected chi connectivity index (χ4v) is 1.76. The topological polar surface area (TPSA) is 72.2 Å². The standard InChI is InChI=1S/C14H20N2O3/c1-5-9(2)10(3)15-13-7-6-12(11(4)17)8-14(13)16(18)19/h6-10,15H,5H2,1-4H3. The highest BCUT2D eigenvalue weighted by molar-refractivity contribution is 5.95. The van der Waals surface area contributed by atoms with E-state index in [9.17, 15) is 14.9 Å². The van der Waals surface area contributed by atoms with Crippen molar-refractivity contribution >= 4 is 17.2 Å². The average Bonchev–Trinajstić information content (AvgIpc) is 2.37. The Morgan fingerprint density at radius 3 is 2.53 bits per heavy atom. The predicted octanol–water partition coefficient (Wildman–Crippen LogP) is 3.64. The highest BCUT2D eigenvalue weighted by Crippen LogP contribution is 2.27. The molecule has 2 unspecified atom stereocenters. The maximum Gasteiger partial charge on any atom is 0.293 e. The van der Waals surface area contributed by atoms with Gasteiger partial charge in [0, 0.05) is 17.7 Å². The number of carbonyl (C=O) groups excluding carboxylic acids is 1. The van der Waals surface area contributed by atoms with Gasteiger partial charge in [-0.05, 0) is 31.9 Å². The second-order valence-electron chi connectivity index (χ2n) is 4.86. The summed E-state index contributed by atoms with van der Waals surface area (Å²) in [6.45, 7) is 7.56. The molecule has 0 amide bonds. The summed E-state index contributed by atoms with van der Waals surface area (Å²) in [6.07, 6.45) is 0.994. The fourth-order valence-electron chi connectivity index (χ4n) is 1.76. The van der Waals surface area contributed by atoms with Crippen molar-refractivity contribution in [1.82, 2.24) is 0 Å². The first-order chi connectivity index (χ1) is 8.86. The van der Waals surface area contributed by atoms with E-state index in [0.29, 0.717) is 17.2 Å². The summed E-state index contributed by atoms with van der Waals surface area (Å²) in [6, 6.07) is 4.68. The lowest BCUT2D eigenvalue weighted by molar-refractivity contribution is -0.384. The molecule has 0 heterocycles. The molecule has 0 saturated heterocycles. The highest BCUT2D eigenvalue weighted by Gasteiger charge is 2.19. The van der Waals surface area contributed by atoms with Crippen LogP contribution in [0.25, 0.3) is 0 Å². The van der Waals surface area contributed by atoms with E-state index >= 15 is 0 Å². The third-order valence-corrected chi connectivity index (χ3v) is 3.48. The number of nitrogens with zero attached hydrogens (tertiary/aromatic N) is 1. The van der Waals surface area contributed by atoms with Crippen molar-refractivity contribution in [2.45, 2.75) is 40.2 Å². The van der Waals surface area contributed by atoms with E-state index in [1.54, 1.807) is 12.1 Å². The summed E-state index contributed by atoms with van der Waals surface area (Å²) in [5, 5.41) is 14.2. The van der Waals surface area contributed by atoms with Crippen LogP contribution in [0.3, 0.4) is 0 Å². The van der Waals surface area contributed by atoms with Gasteiger partial charge in [-0.3, -0.25) is 14.9 Å². The number of rotatable bonds is 6. The largest absolute Gasteiger partial charge is 0.377 e. The van der Waals surface area contributed by atoms with Gasteiger partial charge in [-0.15, -0.1) is 0 Å². The molecule has 2 atom stereocenters. The second-order valence-corrected chi connectivity index (χ2v) is 4.86. The zero-order chi connectivity index (χ0) is 14.6. The van der Waals surface area contributed by atoms with Crippen LogP contribution < -0.4 is 5.32 Å². The second kappa shape index (κ2) is 6.31. The molecule has 5 nitrogen and oxygen atoms in total. The van der Waals surface area contributed by atoms with Crippen LogP contribution in [0.15, 0.2) is 18.2 Å². The number of hydrogen-bond donors (Lipinski definition) is 1. The maximum absolute atomic E-state index is 11.3. The number of nitro benzene ring substituents is 1. The van der Waals surface area contributed by atoms with Gasteiger partial charge in [0.1, 0.15) is 5.69 Å². The molecule has 0 aliphatic rings. The van der Waals surface area contributed by atoms with Gasteiger partial charge in [0.25, 0.3) is 5.69 Å². The van der Waals surface area contributed by atoms with Gasteiger partial charge in [0.05, 0.1) is 4.92 Å². The summed E-state index contributed by atoms with van der Waals surface area (Å²) in [4.78, 5) is 21.9. The maximum atomic E-state index is 11.3. The van der Waals surface area contributed by atoms with Crippen LogP contribution in [0, 0.1) is 16.0 Å². The number of anilines is 1. The summed E-state index contributed by atoms with van der Waals surface area (Å²) >= 11 is 0. The Balaban J connectivity index is 3.07. The Hall–Kier alpha value is -1.91. The number of hydrogen-bond acceptors (Lipinski definition) is 4. The fraction of sp³-hybridized carbons (Fsp3) is 0.500. The van der Waals surface area contributed by atoms with Gasteiger partial charge in [0.2, 0.25) is 0 Å². The molecule has 0 bridgehead atoms. The molecule has 5 heteroatoms. The Kier molecular flexibility index (Phi) is 5.03. The molecule has 0 aliphatic heterocycles. The Labute approximate surface area is 113 Å². The molecule has 19 heavy (non-hydrogen) atoms. The summed E-state index contributed by atoms with van der Waals surface area (Å²) in [5.41, 5.74) is 0.763. The number of nitro groups is 1. The SMILES string of the molecule is CCC(C)C(C)Nc1ccc(C(C)=O)cc1[N+](=O)[O-]. The molecule has 0 spiro atoms. The minimum Gasteiger partial charge on any atom is -0.377 e. The molecule has 0 aliphatic carbocycles. The quantitative estimate of drug-likeness (QED) is 0.483. The first-order valence-corrected chi connectivity index (χ1v) is 6.42. The lowest BCUT2D eigenvalue weighted by atomic mass is 10.0. The van der Waals surface area contributed by atoms with E-state index in [0.717, 1.165) is 6.42 Å². The van der Waals surface area contributed by atoms with Gasteiger partial charge in [0.15, 0.2) is 5.78 Å². The van der Waals surface area contributed by atoms with Crippen LogP contribution in [0.5, 0.6) is 0 Å². The summed E-state index contributed by atoms with van der Waals surface area (Å²) in [5.74, 6) is 0.233. The van der Waals surface area contributed by atoms with E-state index in [2.05, 4.69) is 19.2 Å². The van der Waals surface area contributed by atoms with E-state index in [1.807, 2.05) is 6.92 Å². The molecular weight excluding hydrogens is 244 g/mol. The predicted molar refractivity (Wildman–Crippen MR) is 75.6 cm³/mol. The van der Waals surface area contributed by atoms with Crippen molar-refractivity contribution in [3.8, 4) is 0 Å². The van der Waals surface area contributed by atoms with Crippen molar-refractivity contribution in [3.63, 3.8) is 0 Å². The molecule has 0 saturated carbocycles. The van der Waals surface area contributed by atoms with Crippen molar-refractivity contribution in [1.29, 1.82) is 0 Å². The zero-order valence-electron chi connectivity index (χ0n) is 11.8. The van der Waals surface area contributed by atoms with Crippen molar-refractivity contribution in [2.24, 2.45) is 5.92 Å². The summed E-state index contributed by atoms with van der Waals surface area (Å²) < 4.78 is 0. The monoisotopic (exact) mass is 264 g/mol. The van der Waals surface area contributed by atoms with Gasteiger partial charge in [-0.1, -0.05) is 20.3 Å². The minimum atomic E-state index is -0.460. The van der Waals surface area contributed by atoms with Gasteiger partial charge >= 0.3 is 0 Å².